The van der Waals surface area contributed by atoms with Crippen molar-refractivity contribution in [3.05, 3.63) is 59.8 Å². The number of furan rings is 1. The van der Waals surface area contributed by atoms with Crippen LogP contribution in [-0.4, -0.2) is 55.3 Å². The standard InChI is InChI=1S/C21H26FN3O3/c1-24(2)18(19-4-3-13-28-19)14-23-20(26)15-9-11-25(12-10-15)21(27)16-5-7-17(22)8-6-16/h3-8,13,15,18H,9-12,14H2,1-2H3,(H,23,26). The van der Waals surface area contributed by atoms with Gasteiger partial charge in [-0.1, -0.05) is 0 Å². The molecule has 2 amide bonds. The molecule has 2 aromatic rings. The monoisotopic (exact) mass is 387 g/mol. The number of nitrogens with one attached hydrogen (secondary N) is 1. The zero-order chi connectivity index (χ0) is 20.1. The van der Waals surface area contributed by atoms with Gasteiger partial charge in [0.2, 0.25) is 5.91 Å². The third kappa shape index (κ3) is 4.78. The second-order valence-corrected chi connectivity index (χ2v) is 7.31. The highest BCUT2D eigenvalue weighted by Crippen LogP contribution is 2.21. The van der Waals surface area contributed by atoms with Gasteiger partial charge in [0.05, 0.1) is 12.3 Å². The highest BCUT2D eigenvalue weighted by Gasteiger charge is 2.28. The summed E-state index contributed by atoms with van der Waals surface area (Å²) in [7, 11) is 3.89. The predicted molar refractivity (Wildman–Crippen MR) is 103 cm³/mol. The molecule has 3 rings (SSSR count). The van der Waals surface area contributed by atoms with Gasteiger partial charge in [-0.15, -0.1) is 0 Å². The molecular formula is C21H26FN3O3. The number of likely N-dealkylation sites (tertiary alicyclic amines) is 1. The third-order valence-electron chi connectivity index (χ3n) is 5.21. The molecule has 1 aromatic carbocycles. The quantitative estimate of drug-likeness (QED) is 0.828. The lowest BCUT2D eigenvalue weighted by Crippen LogP contribution is -2.44. The van der Waals surface area contributed by atoms with Crippen molar-refractivity contribution in [3.63, 3.8) is 0 Å². The molecule has 2 heterocycles. The maximum absolute atomic E-state index is 13.0. The van der Waals surface area contributed by atoms with Crippen molar-refractivity contribution in [2.75, 3.05) is 33.7 Å². The molecule has 1 saturated heterocycles. The summed E-state index contributed by atoms with van der Waals surface area (Å²) < 4.78 is 18.5. The number of likely N-dealkylation sites (N-methyl/N-ethyl adjacent to an activating group) is 1. The first-order valence-electron chi connectivity index (χ1n) is 9.48. The van der Waals surface area contributed by atoms with Gasteiger partial charge in [0, 0.05) is 31.1 Å². The summed E-state index contributed by atoms with van der Waals surface area (Å²) >= 11 is 0. The molecule has 6 nitrogen and oxygen atoms in total. The van der Waals surface area contributed by atoms with Crippen molar-refractivity contribution in [3.8, 4) is 0 Å². The van der Waals surface area contributed by atoms with Crippen molar-refractivity contribution in [1.82, 2.24) is 15.1 Å². The van der Waals surface area contributed by atoms with Gasteiger partial charge in [-0.05, 0) is 63.3 Å². The lowest BCUT2D eigenvalue weighted by atomic mass is 9.95. The molecule has 0 spiro atoms. The van der Waals surface area contributed by atoms with E-state index in [0.29, 0.717) is 38.0 Å². The number of hydrogen-bond acceptors (Lipinski definition) is 4. The molecule has 1 fully saturated rings. The molecule has 1 atom stereocenters. The minimum Gasteiger partial charge on any atom is -0.468 e. The molecule has 0 bridgehead atoms. The molecule has 28 heavy (non-hydrogen) atoms. The van der Waals surface area contributed by atoms with E-state index >= 15 is 0 Å². The van der Waals surface area contributed by atoms with E-state index in [4.69, 9.17) is 4.42 Å². The van der Waals surface area contributed by atoms with Crippen LogP contribution in [-0.2, 0) is 4.79 Å². The van der Waals surface area contributed by atoms with Crippen LogP contribution in [0.25, 0.3) is 0 Å². The largest absolute Gasteiger partial charge is 0.468 e. The van der Waals surface area contributed by atoms with Gasteiger partial charge in [0.1, 0.15) is 11.6 Å². The van der Waals surface area contributed by atoms with Crippen molar-refractivity contribution < 1.29 is 18.4 Å². The smallest absolute Gasteiger partial charge is 0.253 e. The summed E-state index contributed by atoms with van der Waals surface area (Å²) in [6.07, 6.45) is 2.86. The predicted octanol–water partition coefficient (Wildman–Crippen LogP) is 2.69. The van der Waals surface area contributed by atoms with Gasteiger partial charge in [-0.2, -0.15) is 0 Å². The van der Waals surface area contributed by atoms with Crippen LogP contribution in [0, 0.1) is 11.7 Å². The molecule has 0 saturated carbocycles. The van der Waals surface area contributed by atoms with Crippen LogP contribution in [0.15, 0.2) is 47.1 Å². The van der Waals surface area contributed by atoms with Gasteiger partial charge in [-0.3, -0.25) is 14.5 Å². The van der Waals surface area contributed by atoms with E-state index < -0.39 is 0 Å². The number of carbonyl (C=O) groups excluding carboxylic acids is 2. The van der Waals surface area contributed by atoms with Gasteiger partial charge in [-0.25, -0.2) is 4.39 Å². The van der Waals surface area contributed by atoms with Gasteiger partial charge in [0.25, 0.3) is 5.91 Å². The first-order valence-corrected chi connectivity index (χ1v) is 9.48. The topological polar surface area (TPSA) is 65.8 Å². The van der Waals surface area contributed by atoms with E-state index in [1.54, 1.807) is 11.2 Å². The molecule has 1 aromatic heterocycles. The molecule has 0 radical (unpaired) electrons. The number of nitrogens with zero attached hydrogens (tertiary/aromatic N) is 2. The molecule has 1 unspecified atom stereocenters. The maximum atomic E-state index is 13.0. The first kappa shape index (κ1) is 20.1. The molecule has 1 aliphatic rings. The zero-order valence-corrected chi connectivity index (χ0v) is 16.2. The summed E-state index contributed by atoms with van der Waals surface area (Å²) in [5.41, 5.74) is 0.469. The minimum atomic E-state index is -0.363. The molecule has 1 N–H and O–H groups in total. The van der Waals surface area contributed by atoms with Crippen molar-refractivity contribution in [2.24, 2.45) is 5.92 Å². The van der Waals surface area contributed by atoms with E-state index in [9.17, 15) is 14.0 Å². The normalized spacial score (nSPS) is 16.2. The molecular weight excluding hydrogens is 361 g/mol. The summed E-state index contributed by atoms with van der Waals surface area (Å²) in [4.78, 5) is 28.8. The summed E-state index contributed by atoms with van der Waals surface area (Å²) in [5, 5.41) is 3.02. The lowest BCUT2D eigenvalue weighted by Gasteiger charge is -2.32. The zero-order valence-electron chi connectivity index (χ0n) is 16.2. The van der Waals surface area contributed by atoms with Crippen LogP contribution < -0.4 is 5.32 Å². The van der Waals surface area contributed by atoms with Gasteiger partial charge < -0.3 is 14.6 Å². The van der Waals surface area contributed by atoms with Crippen LogP contribution in [0.1, 0.15) is 35.0 Å². The fraction of sp³-hybridized carbons (Fsp3) is 0.429. The Hall–Kier alpha value is -2.67. The molecule has 0 aliphatic carbocycles. The highest BCUT2D eigenvalue weighted by atomic mass is 19.1. The number of hydrogen-bond donors (Lipinski definition) is 1. The van der Waals surface area contributed by atoms with Crippen LogP contribution >= 0.6 is 0 Å². The Balaban J connectivity index is 1.49. The van der Waals surface area contributed by atoms with Gasteiger partial charge in [0.15, 0.2) is 0 Å². The molecule has 1 aliphatic heterocycles. The maximum Gasteiger partial charge on any atom is 0.253 e. The van der Waals surface area contributed by atoms with Crippen LogP contribution in [0.3, 0.4) is 0 Å². The van der Waals surface area contributed by atoms with E-state index in [1.165, 1.54) is 24.3 Å². The van der Waals surface area contributed by atoms with Crippen molar-refractivity contribution in [1.29, 1.82) is 0 Å². The second kappa shape index (κ2) is 9.01. The number of piperidine rings is 1. The van der Waals surface area contributed by atoms with Crippen LogP contribution in [0.5, 0.6) is 0 Å². The van der Waals surface area contributed by atoms with E-state index in [1.807, 2.05) is 31.1 Å². The number of rotatable bonds is 6. The Morgan fingerprint density at radius 1 is 1.21 bits per heavy atom. The summed E-state index contributed by atoms with van der Waals surface area (Å²) in [6.45, 7) is 1.50. The van der Waals surface area contributed by atoms with Crippen LogP contribution in [0.2, 0.25) is 0 Å². The fourth-order valence-electron chi connectivity index (χ4n) is 3.48. The van der Waals surface area contributed by atoms with Crippen molar-refractivity contribution in [2.45, 2.75) is 18.9 Å². The SMILES string of the molecule is CN(C)C(CNC(=O)C1CCN(C(=O)c2ccc(F)cc2)CC1)c1ccco1. The van der Waals surface area contributed by atoms with Crippen molar-refractivity contribution >= 4 is 11.8 Å². The molecule has 7 heteroatoms. The Morgan fingerprint density at radius 2 is 1.89 bits per heavy atom. The molecule has 150 valence electrons. The second-order valence-electron chi connectivity index (χ2n) is 7.31. The van der Waals surface area contributed by atoms with Gasteiger partial charge >= 0.3 is 0 Å². The number of amides is 2. The Kier molecular flexibility index (Phi) is 6.46. The number of carbonyl (C=O) groups is 2. The highest BCUT2D eigenvalue weighted by molar-refractivity contribution is 5.94. The average Bonchev–Trinajstić information content (AvgIpc) is 3.22. The first-order chi connectivity index (χ1) is 13.5. The Morgan fingerprint density at radius 3 is 2.46 bits per heavy atom. The summed E-state index contributed by atoms with van der Waals surface area (Å²) in [5.74, 6) is 0.218. The van der Waals surface area contributed by atoms with Crippen LogP contribution in [0.4, 0.5) is 4.39 Å². The minimum absolute atomic E-state index is 0.00675. The van der Waals surface area contributed by atoms with E-state index in [2.05, 4.69) is 5.32 Å². The third-order valence-corrected chi connectivity index (χ3v) is 5.21. The summed E-state index contributed by atoms with van der Waals surface area (Å²) in [6, 6.07) is 9.26. The number of benzene rings is 1. The average molecular weight is 387 g/mol. The lowest BCUT2D eigenvalue weighted by molar-refractivity contribution is -0.126. The Labute approximate surface area is 164 Å². The number of halogens is 1. The van der Waals surface area contributed by atoms with E-state index in [0.717, 1.165) is 5.76 Å². The Bertz CT molecular complexity index is 782. The van der Waals surface area contributed by atoms with E-state index in [-0.39, 0.29) is 29.6 Å². The fourth-order valence-corrected chi connectivity index (χ4v) is 3.48.